The Hall–Kier alpha value is -2.21. The molecule has 0 fully saturated rings. The summed E-state index contributed by atoms with van der Waals surface area (Å²) >= 11 is 0. The minimum Gasteiger partial charge on any atom is -0.478 e. The van der Waals surface area contributed by atoms with E-state index in [2.05, 4.69) is 10.1 Å². The van der Waals surface area contributed by atoms with Gasteiger partial charge in [-0.25, -0.2) is 4.79 Å². The summed E-state index contributed by atoms with van der Waals surface area (Å²) in [7, 11) is 1.56. The molecule has 0 bridgehead atoms. The lowest BCUT2D eigenvalue weighted by Gasteiger charge is -2.17. The topological polar surface area (TPSA) is 85.5 Å². The Morgan fingerprint density at radius 2 is 2.16 bits per heavy atom. The normalized spacial score (nSPS) is 11.5. The average molecular weight is 262 g/mol. The first-order valence-electron chi connectivity index (χ1n) is 5.67. The van der Waals surface area contributed by atoms with Gasteiger partial charge in [-0.05, 0) is 32.0 Å². The molecule has 0 saturated heterocycles. The zero-order valence-corrected chi connectivity index (χ0v) is 10.9. The fraction of sp³-hybridized carbons (Fsp3) is 0.308. The molecule has 0 radical (unpaired) electrons. The third kappa shape index (κ3) is 2.63. The minimum atomic E-state index is -1.00. The molecule has 1 heterocycles. The largest absolute Gasteiger partial charge is 0.478 e. The van der Waals surface area contributed by atoms with Gasteiger partial charge < -0.3 is 14.4 Å². The Morgan fingerprint density at radius 1 is 1.42 bits per heavy atom. The SMILES string of the molecule is COC(C)(C)c1noc(-c2cccc(C(=O)O)c2)n1. The first-order chi connectivity index (χ1) is 8.94. The lowest BCUT2D eigenvalue weighted by molar-refractivity contribution is 0.00973. The fourth-order valence-corrected chi connectivity index (χ4v) is 1.46. The van der Waals surface area contributed by atoms with Gasteiger partial charge in [-0.2, -0.15) is 4.98 Å². The second-order valence-electron chi connectivity index (χ2n) is 4.52. The highest BCUT2D eigenvalue weighted by atomic mass is 16.5. The van der Waals surface area contributed by atoms with Gasteiger partial charge in [0.25, 0.3) is 5.89 Å². The summed E-state index contributed by atoms with van der Waals surface area (Å²) in [6, 6.07) is 6.33. The van der Waals surface area contributed by atoms with Crippen LogP contribution in [0.4, 0.5) is 0 Å². The molecule has 2 rings (SSSR count). The number of carbonyl (C=O) groups is 1. The Bertz CT molecular complexity index is 604. The van der Waals surface area contributed by atoms with Gasteiger partial charge in [0.2, 0.25) is 5.82 Å². The summed E-state index contributed by atoms with van der Waals surface area (Å²) in [4.78, 5) is 15.1. The molecule has 0 amide bonds. The van der Waals surface area contributed by atoms with Crippen molar-refractivity contribution in [1.82, 2.24) is 10.1 Å². The van der Waals surface area contributed by atoms with Crippen molar-refractivity contribution in [3.05, 3.63) is 35.7 Å². The van der Waals surface area contributed by atoms with E-state index in [1.165, 1.54) is 12.1 Å². The number of ether oxygens (including phenoxy) is 1. The Balaban J connectivity index is 2.38. The maximum atomic E-state index is 10.9. The molecule has 6 heteroatoms. The Kier molecular flexibility index (Phi) is 3.35. The van der Waals surface area contributed by atoms with Crippen molar-refractivity contribution in [3.63, 3.8) is 0 Å². The number of hydrogen-bond donors (Lipinski definition) is 1. The van der Waals surface area contributed by atoms with E-state index in [1.807, 2.05) is 13.8 Å². The van der Waals surface area contributed by atoms with Crippen molar-refractivity contribution < 1.29 is 19.2 Å². The molecule has 1 N–H and O–H groups in total. The van der Waals surface area contributed by atoms with Gasteiger partial charge in [-0.3, -0.25) is 0 Å². The molecule has 1 aromatic carbocycles. The smallest absolute Gasteiger partial charge is 0.335 e. The quantitative estimate of drug-likeness (QED) is 0.910. The van der Waals surface area contributed by atoms with Crippen LogP contribution in [0.15, 0.2) is 28.8 Å². The first kappa shape index (κ1) is 13.2. The van der Waals surface area contributed by atoms with Crippen LogP contribution in [0.5, 0.6) is 0 Å². The molecule has 0 aliphatic carbocycles. The predicted molar refractivity (Wildman–Crippen MR) is 66.7 cm³/mol. The molecule has 2 aromatic rings. The van der Waals surface area contributed by atoms with Gasteiger partial charge in [0.15, 0.2) is 0 Å². The molecule has 0 unspecified atom stereocenters. The lowest BCUT2D eigenvalue weighted by Crippen LogP contribution is -2.21. The summed E-state index contributed by atoms with van der Waals surface area (Å²) in [6.45, 7) is 3.63. The zero-order chi connectivity index (χ0) is 14.0. The van der Waals surface area contributed by atoms with E-state index in [-0.39, 0.29) is 11.5 Å². The Labute approximate surface area is 110 Å². The third-order valence-corrected chi connectivity index (χ3v) is 2.83. The first-order valence-corrected chi connectivity index (χ1v) is 5.67. The van der Waals surface area contributed by atoms with E-state index in [0.717, 1.165) is 0 Å². The van der Waals surface area contributed by atoms with E-state index in [9.17, 15) is 4.79 Å². The molecular formula is C13H14N2O4. The number of benzene rings is 1. The van der Waals surface area contributed by atoms with Crippen LogP contribution < -0.4 is 0 Å². The van der Waals surface area contributed by atoms with Gasteiger partial charge in [-0.1, -0.05) is 11.2 Å². The number of rotatable bonds is 4. The van der Waals surface area contributed by atoms with E-state index >= 15 is 0 Å². The summed E-state index contributed by atoms with van der Waals surface area (Å²) in [5.41, 5.74) is 0.0698. The summed E-state index contributed by atoms with van der Waals surface area (Å²) in [5.74, 6) is -0.326. The number of hydrogen-bond acceptors (Lipinski definition) is 5. The van der Waals surface area contributed by atoms with Crippen molar-refractivity contribution >= 4 is 5.97 Å². The van der Waals surface area contributed by atoms with Crippen LogP contribution in [0.25, 0.3) is 11.5 Å². The molecule has 0 spiro atoms. The van der Waals surface area contributed by atoms with Crippen molar-refractivity contribution in [2.75, 3.05) is 7.11 Å². The van der Waals surface area contributed by atoms with Gasteiger partial charge in [0, 0.05) is 12.7 Å². The maximum Gasteiger partial charge on any atom is 0.335 e. The molecule has 0 atom stereocenters. The minimum absolute atomic E-state index is 0.170. The zero-order valence-electron chi connectivity index (χ0n) is 10.9. The molecule has 19 heavy (non-hydrogen) atoms. The van der Waals surface area contributed by atoms with Gasteiger partial charge in [0.05, 0.1) is 5.56 Å². The maximum absolute atomic E-state index is 10.9. The number of aromatic carboxylic acids is 1. The van der Waals surface area contributed by atoms with Gasteiger partial charge in [0.1, 0.15) is 5.60 Å². The summed E-state index contributed by atoms with van der Waals surface area (Å²) in [5, 5.41) is 12.8. The van der Waals surface area contributed by atoms with E-state index in [4.69, 9.17) is 14.4 Å². The van der Waals surface area contributed by atoms with Crippen LogP contribution >= 0.6 is 0 Å². The standard InChI is InChI=1S/C13H14N2O4/c1-13(2,18-3)12-14-10(19-15-12)8-5-4-6-9(7-8)11(16)17/h4-7H,1-3H3,(H,16,17). The Morgan fingerprint density at radius 3 is 2.79 bits per heavy atom. The van der Waals surface area contributed by atoms with E-state index in [0.29, 0.717) is 11.4 Å². The number of carboxylic acids is 1. The third-order valence-electron chi connectivity index (χ3n) is 2.83. The highest BCUT2D eigenvalue weighted by Crippen LogP contribution is 2.25. The van der Waals surface area contributed by atoms with E-state index in [1.54, 1.807) is 19.2 Å². The summed E-state index contributed by atoms with van der Waals surface area (Å²) in [6.07, 6.45) is 0. The molecule has 0 aliphatic heterocycles. The van der Waals surface area contributed by atoms with Crippen LogP contribution in [0.3, 0.4) is 0 Å². The number of aromatic nitrogens is 2. The molecule has 100 valence electrons. The van der Waals surface area contributed by atoms with Crippen molar-refractivity contribution in [3.8, 4) is 11.5 Å². The molecule has 6 nitrogen and oxygen atoms in total. The molecule has 1 aromatic heterocycles. The second kappa shape index (κ2) is 4.81. The molecule has 0 aliphatic rings. The van der Waals surface area contributed by atoms with Crippen molar-refractivity contribution in [1.29, 1.82) is 0 Å². The fourth-order valence-electron chi connectivity index (χ4n) is 1.46. The van der Waals surface area contributed by atoms with Crippen LogP contribution in [0.1, 0.15) is 30.0 Å². The average Bonchev–Trinajstić information content (AvgIpc) is 2.89. The lowest BCUT2D eigenvalue weighted by atomic mass is 10.1. The highest BCUT2D eigenvalue weighted by molar-refractivity contribution is 5.88. The van der Waals surface area contributed by atoms with Gasteiger partial charge in [-0.15, -0.1) is 0 Å². The highest BCUT2D eigenvalue weighted by Gasteiger charge is 2.26. The number of carboxylic acid groups (broad SMARTS) is 1. The monoisotopic (exact) mass is 262 g/mol. The number of nitrogens with zero attached hydrogens (tertiary/aromatic N) is 2. The number of methoxy groups -OCH3 is 1. The molecule has 0 saturated carbocycles. The molecular weight excluding hydrogens is 248 g/mol. The van der Waals surface area contributed by atoms with Crippen molar-refractivity contribution in [2.24, 2.45) is 0 Å². The van der Waals surface area contributed by atoms with Gasteiger partial charge >= 0.3 is 5.97 Å². The van der Waals surface area contributed by atoms with Crippen LogP contribution in [0, 0.1) is 0 Å². The summed E-state index contributed by atoms with van der Waals surface area (Å²) < 4.78 is 10.4. The second-order valence-corrected chi connectivity index (χ2v) is 4.52. The van der Waals surface area contributed by atoms with Crippen molar-refractivity contribution in [2.45, 2.75) is 19.4 Å². The van der Waals surface area contributed by atoms with Crippen LogP contribution in [-0.4, -0.2) is 28.3 Å². The van der Waals surface area contributed by atoms with Crippen LogP contribution in [-0.2, 0) is 10.3 Å². The van der Waals surface area contributed by atoms with E-state index < -0.39 is 11.6 Å². The predicted octanol–water partition coefficient (Wildman–Crippen LogP) is 2.32. The van der Waals surface area contributed by atoms with Crippen LogP contribution in [0.2, 0.25) is 0 Å².